The first-order valence-electron chi connectivity index (χ1n) is 7.35. The van der Waals surface area contributed by atoms with Gasteiger partial charge in [0.1, 0.15) is 5.75 Å². The van der Waals surface area contributed by atoms with Crippen molar-refractivity contribution in [3.63, 3.8) is 0 Å². The van der Waals surface area contributed by atoms with Crippen molar-refractivity contribution in [2.75, 3.05) is 0 Å². The molecule has 0 aliphatic carbocycles. The number of pyridine rings is 1. The molecule has 5 heteroatoms. The first-order chi connectivity index (χ1) is 9.69. The van der Waals surface area contributed by atoms with Crippen molar-refractivity contribution in [3.8, 4) is 5.75 Å². The minimum atomic E-state index is -0.343. The molecule has 4 nitrogen and oxygen atoms in total. The van der Waals surface area contributed by atoms with Crippen molar-refractivity contribution in [2.45, 2.75) is 58.8 Å². The van der Waals surface area contributed by atoms with E-state index >= 15 is 0 Å². The molecular formula is C16H24BNO3. The Morgan fingerprint density at radius 2 is 1.76 bits per heavy atom. The van der Waals surface area contributed by atoms with Gasteiger partial charge < -0.3 is 14.0 Å². The van der Waals surface area contributed by atoms with E-state index in [-0.39, 0.29) is 24.4 Å². The maximum atomic E-state index is 5.92. The Bertz CT molecular complexity index is 510. The lowest BCUT2D eigenvalue weighted by Crippen LogP contribution is -2.41. The minimum Gasteiger partial charge on any atom is -0.489 e. The molecule has 1 aliphatic heterocycles. The average molecular weight is 289 g/mol. The van der Waals surface area contributed by atoms with Gasteiger partial charge in [0.25, 0.3) is 0 Å². The van der Waals surface area contributed by atoms with Crippen LogP contribution in [0.1, 0.15) is 47.1 Å². The van der Waals surface area contributed by atoms with Crippen LogP contribution in [0.15, 0.2) is 24.4 Å². The lowest BCUT2D eigenvalue weighted by Gasteiger charge is -2.32. The normalized spacial score (nSPS) is 20.4. The van der Waals surface area contributed by atoms with Crippen molar-refractivity contribution in [3.05, 3.63) is 30.0 Å². The fourth-order valence-electron chi connectivity index (χ4n) is 2.02. The summed E-state index contributed by atoms with van der Waals surface area (Å²) >= 11 is 0. The van der Waals surface area contributed by atoms with Gasteiger partial charge in [-0.25, -0.2) is 0 Å². The summed E-state index contributed by atoms with van der Waals surface area (Å²) in [4.78, 5) is 4.18. The fraction of sp³-hybridized carbons (Fsp3) is 0.562. The molecule has 21 heavy (non-hydrogen) atoms. The average Bonchev–Trinajstić information content (AvgIpc) is 2.55. The molecule has 1 fully saturated rings. The summed E-state index contributed by atoms with van der Waals surface area (Å²) in [5.41, 5.74) is 0.328. The van der Waals surface area contributed by atoms with Gasteiger partial charge in [0.05, 0.1) is 23.5 Å². The van der Waals surface area contributed by atoms with Crippen LogP contribution >= 0.6 is 0 Å². The lowest BCUT2D eigenvalue weighted by molar-refractivity contribution is 0.00578. The smallest absolute Gasteiger partial charge is 0.487 e. The zero-order valence-corrected chi connectivity index (χ0v) is 13.7. The molecular weight excluding hydrogens is 265 g/mol. The quantitative estimate of drug-likeness (QED) is 0.795. The van der Waals surface area contributed by atoms with E-state index < -0.39 is 0 Å². The summed E-state index contributed by atoms with van der Waals surface area (Å²) in [6, 6.07) is 1.95. The van der Waals surface area contributed by atoms with E-state index in [0.717, 1.165) is 11.3 Å². The third kappa shape index (κ3) is 3.86. The summed E-state index contributed by atoms with van der Waals surface area (Å²) in [6.07, 6.45) is 5.58. The topological polar surface area (TPSA) is 40.6 Å². The van der Waals surface area contributed by atoms with Gasteiger partial charge in [0.2, 0.25) is 0 Å². The van der Waals surface area contributed by atoms with Crippen LogP contribution in [0.4, 0.5) is 0 Å². The molecule has 1 aromatic rings. The summed E-state index contributed by atoms with van der Waals surface area (Å²) in [6.45, 7) is 12.2. The van der Waals surface area contributed by atoms with Gasteiger partial charge in [-0.3, -0.25) is 4.98 Å². The molecule has 0 spiro atoms. The number of hydrogen-bond donors (Lipinski definition) is 0. The van der Waals surface area contributed by atoms with Crippen LogP contribution in [-0.4, -0.2) is 29.4 Å². The first kappa shape index (κ1) is 16.1. The summed E-state index contributed by atoms with van der Waals surface area (Å²) in [7, 11) is -0.343. The predicted octanol–water partition coefficient (Wildman–Crippen LogP) is 3.51. The van der Waals surface area contributed by atoms with Crippen molar-refractivity contribution in [1.29, 1.82) is 0 Å². The monoisotopic (exact) mass is 289 g/mol. The second-order valence-electron chi connectivity index (χ2n) is 6.60. The molecule has 0 radical (unpaired) electrons. The van der Waals surface area contributed by atoms with Crippen LogP contribution in [0.25, 0.3) is 6.08 Å². The van der Waals surface area contributed by atoms with Crippen LogP contribution in [0, 0.1) is 0 Å². The first-order valence-corrected chi connectivity index (χ1v) is 7.35. The molecule has 0 N–H and O–H groups in total. The predicted molar refractivity (Wildman–Crippen MR) is 85.1 cm³/mol. The van der Waals surface area contributed by atoms with Crippen LogP contribution in [0.3, 0.4) is 0 Å². The SMILES string of the molecule is CC(C)Oc1cncc(/C=C/B2OC(C)(C)C(C)(C)O2)c1. The van der Waals surface area contributed by atoms with Crippen molar-refractivity contribution < 1.29 is 14.0 Å². The highest BCUT2D eigenvalue weighted by Gasteiger charge is 2.49. The molecule has 0 aromatic carbocycles. The van der Waals surface area contributed by atoms with E-state index in [0.29, 0.717) is 0 Å². The zero-order valence-electron chi connectivity index (χ0n) is 13.7. The second-order valence-corrected chi connectivity index (χ2v) is 6.60. The Morgan fingerprint density at radius 3 is 2.33 bits per heavy atom. The fourth-order valence-corrected chi connectivity index (χ4v) is 2.02. The number of rotatable bonds is 4. The summed E-state index contributed by atoms with van der Waals surface area (Å²) in [5, 5.41) is 0. The molecule has 0 saturated carbocycles. The molecule has 2 heterocycles. The number of ether oxygens (including phenoxy) is 1. The standard InChI is InChI=1S/C16H24BNO3/c1-12(2)19-14-9-13(10-18-11-14)7-8-17-20-15(3,4)16(5,6)21-17/h7-12H,1-6H3/b8-7+. The Morgan fingerprint density at radius 1 is 1.14 bits per heavy atom. The molecule has 114 valence electrons. The van der Waals surface area contributed by atoms with Crippen LogP contribution < -0.4 is 4.74 Å². The molecule has 0 unspecified atom stereocenters. The van der Waals surface area contributed by atoms with Crippen LogP contribution in [-0.2, 0) is 9.31 Å². The van der Waals surface area contributed by atoms with Crippen molar-refractivity contribution in [1.82, 2.24) is 4.98 Å². The second kappa shape index (κ2) is 5.81. The minimum absolute atomic E-state index is 0.133. The highest BCUT2D eigenvalue weighted by molar-refractivity contribution is 6.52. The molecule has 0 bridgehead atoms. The van der Waals surface area contributed by atoms with Gasteiger partial charge in [-0.15, -0.1) is 0 Å². The third-order valence-electron chi connectivity index (χ3n) is 3.82. The lowest BCUT2D eigenvalue weighted by atomic mass is 9.89. The highest BCUT2D eigenvalue weighted by atomic mass is 16.7. The molecule has 0 atom stereocenters. The van der Waals surface area contributed by atoms with Gasteiger partial charge in [0, 0.05) is 6.20 Å². The molecule has 1 saturated heterocycles. The third-order valence-corrected chi connectivity index (χ3v) is 3.82. The summed E-state index contributed by atoms with van der Waals surface area (Å²) < 4.78 is 17.5. The zero-order chi connectivity index (χ0) is 15.7. The van der Waals surface area contributed by atoms with E-state index in [1.54, 1.807) is 12.4 Å². The Hall–Kier alpha value is -1.33. The van der Waals surface area contributed by atoms with Gasteiger partial charge in [0.15, 0.2) is 0 Å². The summed E-state index contributed by atoms with van der Waals surface area (Å²) in [5.74, 6) is 2.67. The van der Waals surface area contributed by atoms with Gasteiger partial charge in [-0.05, 0) is 53.2 Å². The van der Waals surface area contributed by atoms with E-state index in [1.807, 2.05) is 59.7 Å². The van der Waals surface area contributed by atoms with Gasteiger partial charge in [-0.1, -0.05) is 12.1 Å². The molecule has 2 rings (SSSR count). The van der Waals surface area contributed by atoms with Crippen molar-refractivity contribution in [2.24, 2.45) is 0 Å². The Kier molecular flexibility index (Phi) is 4.44. The number of nitrogens with zero attached hydrogens (tertiary/aromatic N) is 1. The van der Waals surface area contributed by atoms with E-state index in [2.05, 4.69) is 4.98 Å². The molecule has 1 aliphatic rings. The van der Waals surface area contributed by atoms with Crippen LogP contribution in [0.2, 0.25) is 0 Å². The number of hydrogen-bond acceptors (Lipinski definition) is 4. The van der Waals surface area contributed by atoms with E-state index in [9.17, 15) is 0 Å². The Labute approximate surface area is 127 Å². The van der Waals surface area contributed by atoms with Gasteiger partial charge in [-0.2, -0.15) is 0 Å². The van der Waals surface area contributed by atoms with Crippen LogP contribution in [0.5, 0.6) is 5.75 Å². The highest BCUT2D eigenvalue weighted by Crippen LogP contribution is 2.37. The number of aromatic nitrogens is 1. The molecule has 0 amide bonds. The van der Waals surface area contributed by atoms with E-state index in [4.69, 9.17) is 14.0 Å². The maximum Gasteiger partial charge on any atom is 0.487 e. The van der Waals surface area contributed by atoms with Crippen molar-refractivity contribution >= 4 is 13.2 Å². The van der Waals surface area contributed by atoms with Gasteiger partial charge >= 0.3 is 7.12 Å². The molecule has 1 aromatic heterocycles. The maximum absolute atomic E-state index is 5.92. The largest absolute Gasteiger partial charge is 0.489 e. The Balaban J connectivity index is 2.05. The van der Waals surface area contributed by atoms with E-state index in [1.165, 1.54) is 0 Å².